The third-order valence-electron chi connectivity index (χ3n) is 4.36. The third kappa shape index (κ3) is 6.42. The normalized spacial score (nSPS) is 12.2. The van der Waals surface area contributed by atoms with Crippen molar-refractivity contribution in [1.29, 1.82) is 0 Å². The fourth-order valence-electron chi connectivity index (χ4n) is 2.84. The number of aliphatic hydroxyl groups excluding tert-OH is 1. The number of carbonyl (C=O) groups excluding carboxylic acids is 1. The van der Waals surface area contributed by atoms with Crippen molar-refractivity contribution in [2.24, 2.45) is 0 Å². The molecule has 3 heterocycles. The van der Waals surface area contributed by atoms with Gasteiger partial charge in [-0.1, -0.05) is 0 Å². The summed E-state index contributed by atoms with van der Waals surface area (Å²) >= 11 is 0.706. The number of rotatable bonds is 8. The van der Waals surface area contributed by atoms with E-state index in [1.165, 1.54) is 25.3 Å². The lowest BCUT2D eigenvalue weighted by molar-refractivity contribution is -0.140. The van der Waals surface area contributed by atoms with Crippen LogP contribution in [0.3, 0.4) is 0 Å². The van der Waals surface area contributed by atoms with Gasteiger partial charge in [0.2, 0.25) is 5.88 Å². The molecule has 3 aromatic rings. The minimum absolute atomic E-state index is 0.0206. The van der Waals surface area contributed by atoms with E-state index in [9.17, 15) is 33.0 Å². The van der Waals surface area contributed by atoms with E-state index in [4.69, 9.17) is 4.74 Å². The summed E-state index contributed by atoms with van der Waals surface area (Å²) in [6, 6.07) is 1.96. The van der Waals surface area contributed by atoms with Crippen LogP contribution in [0.5, 0.6) is 5.88 Å². The highest BCUT2D eigenvalue weighted by Gasteiger charge is 2.34. The van der Waals surface area contributed by atoms with Gasteiger partial charge in [0.05, 0.1) is 11.7 Å². The first-order valence-corrected chi connectivity index (χ1v) is 11.0. The molecule has 0 unspecified atom stereocenters. The molecule has 0 aliphatic heterocycles. The third-order valence-corrected chi connectivity index (χ3v) is 5.23. The molecule has 0 spiro atoms. The zero-order chi connectivity index (χ0) is 25.8. The highest BCUT2D eigenvalue weighted by atomic mass is 32.1. The van der Waals surface area contributed by atoms with E-state index in [0.29, 0.717) is 17.9 Å². The number of nitrogens with zero attached hydrogens (tertiary/aromatic N) is 3. The predicted molar refractivity (Wildman–Crippen MR) is 120 cm³/mol. The molecule has 2 amide bonds. The summed E-state index contributed by atoms with van der Waals surface area (Å²) in [6.45, 7) is 3.32. The van der Waals surface area contributed by atoms with E-state index in [1.54, 1.807) is 6.92 Å². The van der Waals surface area contributed by atoms with Crippen LogP contribution in [0, 0.1) is 0 Å². The number of nitrogens with one attached hydrogen (secondary N) is 2. The minimum atomic E-state index is -4.68. The molecular weight excluding hydrogens is 491 g/mol. The number of aliphatic hydroxyl groups is 1. The minimum Gasteiger partial charge on any atom is -0.478 e. The maximum Gasteiger partial charge on any atom is 0.434 e. The van der Waals surface area contributed by atoms with Crippen LogP contribution >= 0.6 is 11.3 Å². The Labute approximate surface area is 200 Å². The summed E-state index contributed by atoms with van der Waals surface area (Å²) in [6.07, 6.45) is -3.27. The highest BCUT2D eigenvalue weighted by molar-refractivity contribution is 7.13. The predicted octanol–water partition coefficient (Wildman–Crippen LogP) is 3.89. The monoisotopic (exact) mass is 511 g/mol. The number of halogens is 3. The Hall–Kier alpha value is -3.78. The standard InChI is InChI=1S/C21H20F3N5O5S/c1-3-25-20(33)29-16-5-13(18-28-15(9-35-18)21(22,23)24)14(7-26-16)12-4-11(19(31)32)6-27-17(12)34-8-10(2)30/h4-7,9-10,30H,3,8H2,1-2H3,(H,31,32)(H2,25,26,29,33)/t10-/m0/s1. The average Bonchev–Trinajstić information content (AvgIpc) is 3.28. The first kappa shape index (κ1) is 25.8. The van der Waals surface area contributed by atoms with Crippen LogP contribution in [0.25, 0.3) is 21.7 Å². The van der Waals surface area contributed by atoms with Gasteiger partial charge in [0.15, 0.2) is 5.69 Å². The largest absolute Gasteiger partial charge is 0.478 e. The Kier molecular flexibility index (Phi) is 7.86. The number of hydrogen-bond donors (Lipinski definition) is 4. The van der Waals surface area contributed by atoms with Crippen molar-refractivity contribution < 1.29 is 37.7 Å². The second-order valence-electron chi connectivity index (χ2n) is 7.18. The van der Waals surface area contributed by atoms with Crippen LogP contribution in [0.4, 0.5) is 23.8 Å². The molecule has 14 heteroatoms. The van der Waals surface area contributed by atoms with Gasteiger partial charge in [0.25, 0.3) is 0 Å². The number of thiazole rings is 1. The molecule has 0 aliphatic carbocycles. The maximum absolute atomic E-state index is 13.2. The molecule has 3 aromatic heterocycles. The van der Waals surface area contributed by atoms with Crippen molar-refractivity contribution in [2.45, 2.75) is 26.1 Å². The van der Waals surface area contributed by atoms with E-state index < -0.39 is 30.0 Å². The summed E-state index contributed by atoms with van der Waals surface area (Å²) in [7, 11) is 0. The Balaban J connectivity index is 2.20. The maximum atomic E-state index is 13.2. The molecular formula is C21H20F3N5O5S. The molecule has 1 atom stereocenters. The van der Waals surface area contributed by atoms with Gasteiger partial charge in [0, 0.05) is 41.0 Å². The number of amides is 2. The van der Waals surface area contributed by atoms with Crippen LogP contribution in [-0.2, 0) is 6.18 Å². The van der Waals surface area contributed by atoms with Gasteiger partial charge < -0.3 is 20.3 Å². The summed E-state index contributed by atoms with van der Waals surface area (Å²) in [5, 5.41) is 24.7. The van der Waals surface area contributed by atoms with Gasteiger partial charge >= 0.3 is 18.2 Å². The van der Waals surface area contributed by atoms with Gasteiger partial charge in [-0.25, -0.2) is 24.5 Å². The number of pyridine rings is 2. The quantitative estimate of drug-likeness (QED) is 0.356. The number of urea groups is 1. The molecule has 35 heavy (non-hydrogen) atoms. The Morgan fingerprint density at radius 3 is 2.51 bits per heavy atom. The first-order valence-electron chi connectivity index (χ1n) is 10.1. The average molecular weight is 511 g/mol. The summed E-state index contributed by atoms with van der Waals surface area (Å²) < 4.78 is 45.1. The van der Waals surface area contributed by atoms with Crippen molar-refractivity contribution in [1.82, 2.24) is 20.3 Å². The molecule has 0 radical (unpaired) electrons. The fraction of sp³-hybridized carbons (Fsp3) is 0.286. The lowest BCUT2D eigenvalue weighted by Gasteiger charge is -2.15. The van der Waals surface area contributed by atoms with Crippen molar-refractivity contribution in [3.63, 3.8) is 0 Å². The molecule has 10 nitrogen and oxygen atoms in total. The zero-order valence-corrected chi connectivity index (χ0v) is 19.2. The molecule has 0 fully saturated rings. The van der Waals surface area contributed by atoms with E-state index >= 15 is 0 Å². The summed E-state index contributed by atoms with van der Waals surface area (Å²) in [5.41, 5.74) is -0.943. The number of ether oxygens (including phenoxy) is 1. The molecule has 4 N–H and O–H groups in total. The van der Waals surface area contributed by atoms with Gasteiger partial charge in [-0.05, 0) is 26.0 Å². The van der Waals surface area contributed by atoms with E-state index in [-0.39, 0.29) is 45.6 Å². The first-order chi connectivity index (χ1) is 16.5. The summed E-state index contributed by atoms with van der Waals surface area (Å²) in [4.78, 5) is 35.3. The summed E-state index contributed by atoms with van der Waals surface area (Å²) in [5.74, 6) is -1.35. The van der Waals surface area contributed by atoms with Gasteiger partial charge in [-0.2, -0.15) is 13.2 Å². The van der Waals surface area contributed by atoms with E-state index in [1.807, 2.05) is 0 Å². The number of hydrogen-bond acceptors (Lipinski definition) is 8. The SMILES string of the molecule is CCNC(=O)Nc1cc(-c2nc(C(F)(F)F)cs2)c(-c2cc(C(=O)O)cnc2OC[C@H](C)O)cn1. The second kappa shape index (κ2) is 10.7. The molecule has 0 aliphatic rings. The number of alkyl halides is 3. The second-order valence-corrected chi connectivity index (χ2v) is 8.04. The number of anilines is 1. The molecule has 0 saturated carbocycles. The number of carboxylic acids is 1. The van der Waals surface area contributed by atoms with Crippen molar-refractivity contribution in [3.8, 4) is 27.6 Å². The van der Waals surface area contributed by atoms with Gasteiger partial charge in [-0.3, -0.25) is 5.32 Å². The number of aromatic carboxylic acids is 1. The number of carboxylic acid groups (broad SMARTS) is 1. The van der Waals surface area contributed by atoms with Crippen LogP contribution in [0.1, 0.15) is 29.9 Å². The Bertz CT molecular complexity index is 1230. The molecule has 0 aromatic carbocycles. The number of aromatic nitrogens is 3. The Morgan fingerprint density at radius 2 is 1.91 bits per heavy atom. The smallest absolute Gasteiger partial charge is 0.434 e. The number of carbonyl (C=O) groups is 2. The van der Waals surface area contributed by atoms with Crippen molar-refractivity contribution >= 4 is 29.2 Å². The van der Waals surface area contributed by atoms with Crippen LogP contribution in [0.2, 0.25) is 0 Å². The lowest BCUT2D eigenvalue weighted by atomic mass is 10.0. The van der Waals surface area contributed by atoms with Crippen LogP contribution in [0.15, 0.2) is 29.9 Å². The van der Waals surface area contributed by atoms with Crippen LogP contribution < -0.4 is 15.4 Å². The molecule has 0 saturated heterocycles. The van der Waals surface area contributed by atoms with Gasteiger partial charge in [0.1, 0.15) is 17.4 Å². The molecule has 0 bridgehead atoms. The molecule has 186 valence electrons. The topological polar surface area (TPSA) is 147 Å². The van der Waals surface area contributed by atoms with Crippen molar-refractivity contribution in [2.75, 3.05) is 18.5 Å². The molecule has 3 rings (SSSR count). The fourth-order valence-corrected chi connectivity index (χ4v) is 3.70. The van der Waals surface area contributed by atoms with Gasteiger partial charge in [-0.15, -0.1) is 11.3 Å². The van der Waals surface area contributed by atoms with E-state index in [0.717, 1.165) is 11.6 Å². The zero-order valence-electron chi connectivity index (χ0n) is 18.4. The van der Waals surface area contributed by atoms with Crippen LogP contribution in [-0.4, -0.2) is 56.4 Å². The Morgan fingerprint density at radius 1 is 1.17 bits per heavy atom. The highest BCUT2D eigenvalue weighted by Crippen LogP contribution is 2.40. The van der Waals surface area contributed by atoms with E-state index in [2.05, 4.69) is 25.6 Å². The van der Waals surface area contributed by atoms with Crippen molar-refractivity contribution in [3.05, 3.63) is 41.2 Å². The lowest BCUT2D eigenvalue weighted by Crippen LogP contribution is -2.28.